The SMILES string of the molecule is CNCc1cc(C)ccc1OCc1ccc(Cl)cc1F. The van der Waals surface area contributed by atoms with Crippen molar-refractivity contribution in [3.8, 4) is 5.75 Å². The highest BCUT2D eigenvalue weighted by Gasteiger charge is 2.07. The predicted octanol–water partition coefficient (Wildman–Crippen LogP) is 4.09. The molecule has 0 aliphatic carbocycles. The average Bonchev–Trinajstić information content (AvgIpc) is 2.40. The van der Waals surface area contributed by atoms with E-state index in [1.165, 1.54) is 11.6 Å². The summed E-state index contributed by atoms with van der Waals surface area (Å²) in [4.78, 5) is 0. The van der Waals surface area contributed by atoms with Gasteiger partial charge in [0.05, 0.1) is 0 Å². The van der Waals surface area contributed by atoms with Crippen molar-refractivity contribution in [3.63, 3.8) is 0 Å². The van der Waals surface area contributed by atoms with Crippen molar-refractivity contribution in [2.45, 2.75) is 20.1 Å². The fourth-order valence-electron chi connectivity index (χ4n) is 1.97. The van der Waals surface area contributed by atoms with Crippen LogP contribution >= 0.6 is 11.6 Å². The highest BCUT2D eigenvalue weighted by molar-refractivity contribution is 6.30. The minimum absolute atomic E-state index is 0.183. The summed E-state index contributed by atoms with van der Waals surface area (Å²) in [6.07, 6.45) is 0. The van der Waals surface area contributed by atoms with Gasteiger partial charge in [-0.1, -0.05) is 35.4 Å². The molecule has 0 radical (unpaired) electrons. The van der Waals surface area contributed by atoms with E-state index in [9.17, 15) is 4.39 Å². The summed E-state index contributed by atoms with van der Waals surface area (Å²) in [6.45, 7) is 2.92. The van der Waals surface area contributed by atoms with Crippen LogP contribution in [-0.2, 0) is 13.2 Å². The summed E-state index contributed by atoms with van der Waals surface area (Å²) in [5.74, 6) is 0.416. The molecule has 2 nitrogen and oxygen atoms in total. The number of benzene rings is 2. The van der Waals surface area contributed by atoms with Crippen LogP contribution < -0.4 is 10.1 Å². The molecule has 0 aliphatic rings. The third kappa shape index (κ3) is 3.71. The second kappa shape index (κ2) is 6.73. The maximum Gasteiger partial charge on any atom is 0.131 e. The Bertz CT molecular complexity index is 601. The van der Waals surface area contributed by atoms with Gasteiger partial charge in [0.15, 0.2) is 0 Å². The molecule has 0 amide bonds. The molecule has 0 unspecified atom stereocenters. The van der Waals surface area contributed by atoms with E-state index >= 15 is 0 Å². The second-order valence-corrected chi connectivity index (χ2v) is 5.10. The molecule has 4 heteroatoms. The van der Waals surface area contributed by atoms with Crippen LogP contribution in [-0.4, -0.2) is 7.05 Å². The molecule has 0 atom stereocenters. The molecular weight excluding hydrogens is 277 g/mol. The van der Waals surface area contributed by atoms with Crippen molar-refractivity contribution in [1.82, 2.24) is 5.32 Å². The van der Waals surface area contributed by atoms with E-state index in [1.807, 2.05) is 26.1 Å². The number of nitrogens with one attached hydrogen (secondary N) is 1. The molecular formula is C16H17ClFNO. The van der Waals surface area contributed by atoms with Crippen LogP contribution in [0.3, 0.4) is 0 Å². The van der Waals surface area contributed by atoms with Gasteiger partial charge in [-0.15, -0.1) is 0 Å². The molecule has 0 aromatic heterocycles. The third-order valence-electron chi connectivity index (χ3n) is 2.98. The van der Waals surface area contributed by atoms with Gasteiger partial charge in [0, 0.05) is 22.7 Å². The maximum absolute atomic E-state index is 13.7. The standard InChI is InChI=1S/C16H17ClFNO/c1-11-3-6-16(13(7-11)9-19-2)20-10-12-4-5-14(17)8-15(12)18/h3-8,19H,9-10H2,1-2H3. The van der Waals surface area contributed by atoms with Crippen LogP contribution in [0.4, 0.5) is 4.39 Å². The Morgan fingerprint density at radius 1 is 1.15 bits per heavy atom. The monoisotopic (exact) mass is 293 g/mol. The minimum atomic E-state index is -0.347. The van der Waals surface area contributed by atoms with Crippen molar-refractivity contribution in [2.24, 2.45) is 0 Å². The summed E-state index contributed by atoms with van der Waals surface area (Å²) in [5, 5.41) is 3.48. The first kappa shape index (κ1) is 14.8. The van der Waals surface area contributed by atoms with Gasteiger partial charge in [0.2, 0.25) is 0 Å². The topological polar surface area (TPSA) is 21.3 Å². The van der Waals surface area contributed by atoms with E-state index in [0.717, 1.165) is 11.3 Å². The van der Waals surface area contributed by atoms with Gasteiger partial charge in [-0.05, 0) is 32.2 Å². The van der Waals surface area contributed by atoms with E-state index in [-0.39, 0.29) is 12.4 Å². The van der Waals surface area contributed by atoms with Gasteiger partial charge in [0.25, 0.3) is 0 Å². The summed E-state index contributed by atoms with van der Waals surface area (Å²) in [5.41, 5.74) is 2.72. The number of halogens is 2. The van der Waals surface area contributed by atoms with E-state index in [1.54, 1.807) is 12.1 Å². The first-order valence-electron chi connectivity index (χ1n) is 6.41. The first-order chi connectivity index (χ1) is 9.60. The van der Waals surface area contributed by atoms with Crippen LogP contribution in [0.1, 0.15) is 16.7 Å². The van der Waals surface area contributed by atoms with Crippen molar-refractivity contribution in [3.05, 3.63) is 63.9 Å². The molecule has 20 heavy (non-hydrogen) atoms. The normalized spacial score (nSPS) is 10.6. The lowest BCUT2D eigenvalue weighted by atomic mass is 10.1. The molecule has 0 saturated carbocycles. The number of rotatable bonds is 5. The molecule has 106 valence electrons. The molecule has 0 spiro atoms. The van der Waals surface area contributed by atoms with Crippen LogP contribution in [0.15, 0.2) is 36.4 Å². The molecule has 2 aromatic rings. The summed E-state index contributed by atoms with van der Waals surface area (Å²) < 4.78 is 19.4. The summed E-state index contributed by atoms with van der Waals surface area (Å²) in [7, 11) is 1.88. The average molecular weight is 294 g/mol. The summed E-state index contributed by atoms with van der Waals surface area (Å²) >= 11 is 5.73. The fourth-order valence-corrected chi connectivity index (χ4v) is 2.13. The molecule has 2 rings (SSSR count). The van der Waals surface area contributed by atoms with Gasteiger partial charge in [-0.25, -0.2) is 4.39 Å². The molecule has 0 saturated heterocycles. The maximum atomic E-state index is 13.7. The van der Waals surface area contributed by atoms with Crippen LogP contribution in [0.2, 0.25) is 5.02 Å². The quantitative estimate of drug-likeness (QED) is 0.896. The number of aryl methyl sites for hydroxylation is 1. The van der Waals surface area contributed by atoms with E-state index < -0.39 is 0 Å². The largest absolute Gasteiger partial charge is 0.488 e. The van der Waals surface area contributed by atoms with Gasteiger partial charge in [-0.2, -0.15) is 0 Å². The Labute approximate surface area is 123 Å². The van der Waals surface area contributed by atoms with E-state index in [0.29, 0.717) is 17.1 Å². The van der Waals surface area contributed by atoms with Crippen molar-refractivity contribution in [1.29, 1.82) is 0 Å². The molecule has 0 fully saturated rings. The van der Waals surface area contributed by atoms with Gasteiger partial charge < -0.3 is 10.1 Å². The predicted molar refractivity (Wildman–Crippen MR) is 79.7 cm³/mol. The van der Waals surface area contributed by atoms with Crippen molar-refractivity contribution in [2.75, 3.05) is 7.05 Å². The summed E-state index contributed by atoms with van der Waals surface area (Å²) in [6, 6.07) is 10.5. The molecule has 0 bridgehead atoms. The molecule has 0 heterocycles. The van der Waals surface area contributed by atoms with Crippen LogP contribution in [0.5, 0.6) is 5.75 Å². The van der Waals surface area contributed by atoms with Crippen molar-refractivity contribution < 1.29 is 9.13 Å². The van der Waals surface area contributed by atoms with E-state index in [2.05, 4.69) is 11.4 Å². The minimum Gasteiger partial charge on any atom is -0.488 e. The smallest absolute Gasteiger partial charge is 0.131 e. The Balaban J connectivity index is 2.14. The van der Waals surface area contributed by atoms with Crippen LogP contribution in [0.25, 0.3) is 0 Å². The number of ether oxygens (including phenoxy) is 1. The van der Waals surface area contributed by atoms with Gasteiger partial charge in [-0.3, -0.25) is 0 Å². The third-order valence-corrected chi connectivity index (χ3v) is 3.22. The van der Waals surface area contributed by atoms with Gasteiger partial charge >= 0.3 is 0 Å². The lowest BCUT2D eigenvalue weighted by Gasteiger charge is -2.12. The number of hydrogen-bond donors (Lipinski definition) is 1. The van der Waals surface area contributed by atoms with Crippen molar-refractivity contribution >= 4 is 11.6 Å². The zero-order valence-electron chi connectivity index (χ0n) is 11.5. The zero-order chi connectivity index (χ0) is 14.5. The lowest BCUT2D eigenvalue weighted by Crippen LogP contribution is -2.08. The second-order valence-electron chi connectivity index (χ2n) is 4.67. The highest BCUT2D eigenvalue weighted by atomic mass is 35.5. The Morgan fingerprint density at radius 2 is 1.95 bits per heavy atom. The van der Waals surface area contributed by atoms with Gasteiger partial charge in [0.1, 0.15) is 18.2 Å². The highest BCUT2D eigenvalue weighted by Crippen LogP contribution is 2.22. The number of hydrogen-bond acceptors (Lipinski definition) is 2. The van der Waals surface area contributed by atoms with Crippen LogP contribution in [0, 0.1) is 12.7 Å². The zero-order valence-corrected chi connectivity index (χ0v) is 12.3. The Morgan fingerprint density at radius 3 is 2.65 bits per heavy atom. The molecule has 0 aliphatic heterocycles. The Kier molecular flexibility index (Phi) is 4.99. The lowest BCUT2D eigenvalue weighted by molar-refractivity contribution is 0.296. The molecule has 1 N–H and O–H groups in total. The Hall–Kier alpha value is -1.58. The van der Waals surface area contributed by atoms with E-state index in [4.69, 9.17) is 16.3 Å². The first-order valence-corrected chi connectivity index (χ1v) is 6.79. The molecule has 2 aromatic carbocycles. The fraction of sp³-hybridized carbons (Fsp3) is 0.250.